The molecular weight excluding hydrogens is 442 g/mol. The van der Waals surface area contributed by atoms with E-state index in [0.29, 0.717) is 13.2 Å². The number of anilines is 2. The van der Waals surface area contributed by atoms with Crippen molar-refractivity contribution in [3.63, 3.8) is 0 Å². The molecule has 0 aromatic carbocycles. The van der Waals surface area contributed by atoms with E-state index in [4.69, 9.17) is 14.5 Å². The molecule has 2 aliphatic rings. The van der Waals surface area contributed by atoms with Gasteiger partial charge in [-0.1, -0.05) is 52.2 Å². The van der Waals surface area contributed by atoms with Gasteiger partial charge in [0.25, 0.3) is 0 Å². The van der Waals surface area contributed by atoms with Crippen LogP contribution in [0.4, 0.5) is 11.5 Å². The van der Waals surface area contributed by atoms with Crippen molar-refractivity contribution in [2.45, 2.75) is 59.9 Å². The standard InChI is InChI=1S/C26H35N3O4.C2H6.H2/c1-7-9-21(8-2)16-33-25(31)15-22-17(3)19(5)29(20(6)30)26-18(4)27-24(14-23(22)26)28-10-12-32-13-11-28;1-2;/h7-9,14,17,19,22H,1-2,10-13,15-16H2,3-6H3;1-2H3;1H/b21-9+;;/t17?,19?,22-;;/m1../s1. The molecule has 1 fully saturated rings. The Morgan fingerprint density at radius 2 is 1.91 bits per heavy atom. The Morgan fingerprint density at radius 1 is 1.26 bits per heavy atom. The first-order valence-corrected chi connectivity index (χ1v) is 12.5. The van der Waals surface area contributed by atoms with Gasteiger partial charge in [0.2, 0.25) is 5.91 Å². The van der Waals surface area contributed by atoms with Gasteiger partial charge in [-0.15, -0.1) is 0 Å². The Labute approximate surface area is 212 Å². The molecule has 7 nitrogen and oxygen atoms in total. The normalized spacial score (nSPS) is 21.9. The summed E-state index contributed by atoms with van der Waals surface area (Å²) in [7, 11) is 0. The van der Waals surface area contributed by atoms with Gasteiger partial charge in [-0.2, -0.15) is 0 Å². The van der Waals surface area contributed by atoms with Crippen LogP contribution in [0.15, 0.2) is 43.0 Å². The number of allylic oxidation sites excluding steroid dienone is 2. The van der Waals surface area contributed by atoms with E-state index in [1.165, 1.54) is 0 Å². The van der Waals surface area contributed by atoms with Gasteiger partial charge >= 0.3 is 5.97 Å². The van der Waals surface area contributed by atoms with Gasteiger partial charge in [0, 0.05) is 33.4 Å². The fourth-order valence-electron chi connectivity index (χ4n) is 4.75. The molecule has 0 aliphatic carbocycles. The van der Waals surface area contributed by atoms with Crippen LogP contribution in [0.25, 0.3) is 0 Å². The zero-order valence-corrected chi connectivity index (χ0v) is 22.2. The van der Waals surface area contributed by atoms with Crippen molar-refractivity contribution >= 4 is 23.4 Å². The zero-order chi connectivity index (χ0) is 26.1. The minimum atomic E-state index is -0.277. The van der Waals surface area contributed by atoms with Crippen LogP contribution in [0, 0.1) is 12.8 Å². The van der Waals surface area contributed by atoms with Crippen molar-refractivity contribution in [2.75, 3.05) is 42.7 Å². The maximum Gasteiger partial charge on any atom is 0.306 e. The fraction of sp³-hybridized carbons (Fsp3) is 0.536. The van der Waals surface area contributed by atoms with Gasteiger partial charge in [0.1, 0.15) is 12.4 Å². The zero-order valence-electron chi connectivity index (χ0n) is 22.2. The van der Waals surface area contributed by atoms with Gasteiger partial charge in [-0.3, -0.25) is 9.59 Å². The van der Waals surface area contributed by atoms with Crippen molar-refractivity contribution in [1.82, 2.24) is 4.98 Å². The third kappa shape index (κ3) is 6.60. The van der Waals surface area contributed by atoms with Crippen LogP contribution in [0.5, 0.6) is 0 Å². The highest BCUT2D eigenvalue weighted by Gasteiger charge is 2.41. The van der Waals surface area contributed by atoms with Crippen LogP contribution in [0.3, 0.4) is 0 Å². The van der Waals surface area contributed by atoms with Gasteiger partial charge in [-0.05, 0) is 37.0 Å². The monoisotopic (exact) mass is 485 g/mol. The SMILES string of the molecule is C=C/C=C(\C=C)COC(=O)C[C@H]1c2cc(N3CCOCC3)nc(C)c2N(C(C)=O)C(C)C1C.CC.[HH]. The molecule has 3 atom stereocenters. The van der Waals surface area contributed by atoms with Crippen molar-refractivity contribution in [3.05, 3.63) is 54.3 Å². The van der Waals surface area contributed by atoms with E-state index in [1.807, 2.05) is 32.6 Å². The smallest absolute Gasteiger partial charge is 0.306 e. The van der Waals surface area contributed by atoms with Gasteiger partial charge in [-0.25, -0.2) is 4.98 Å². The molecule has 0 radical (unpaired) electrons. The number of aryl methyl sites for hydroxylation is 1. The highest BCUT2D eigenvalue weighted by Crippen LogP contribution is 2.46. The van der Waals surface area contributed by atoms with Crippen LogP contribution in [0.2, 0.25) is 0 Å². The molecule has 0 bridgehead atoms. The van der Waals surface area contributed by atoms with E-state index >= 15 is 0 Å². The number of pyridine rings is 1. The first-order chi connectivity index (χ1) is 16.8. The molecule has 2 unspecified atom stereocenters. The van der Waals surface area contributed by atoms with Crippen LogP contribution < -0.4 is 9.80 Å². The number of fused-ring (bicyclic) bond motifs is 1. The summed E-state index contributed by atoms with van der Waals surface area (Å²) in [6, 6.07) is 1.99. The van der Waals surface area contributed by atoms with Crippen molar-refractivity contribution in [1.29, 1.82) is 0 Å². The molecule has 1 amide bonds. The molecule has 1 saturated heterocycles. The first kappa shape index (κ1) is 28.3. The highest BCUT2D eigenvalue weighted by molar-refractivity contribution is 5.95. The molecule has 7 heteroatoms. The summed E-state index contributed by atoms with van der Waals surface area (Å²) in [6.07, 6.45) is 5.30. The molecular formula is C28H43N3O4. The largest absolute Gasteiger partial charge is 0.461 e. The number of nitrogens with zero attached hydrogens (tertiary/aromatic N) is 3. The summed E-state index contributed by atoms with van der Waals surface area (Å²) in [6.45, 7) is 22.1. The van der Waals surface area contributed by atoms with Gasteiger partial charge in [0.15, 0.2) is 0 Å². The summed E-state index contributed by atoms with van der Waals surface area (Å²) in [5.41, 5.74) is 3.39. The Morgan fingerprint density at radius 3 is 2.49 bits per heavy atom. The van der Waals surface area contributed by atoms with Gasteiger partial charge in [0.05, 0.1) is 31.0 Å². The number of hydrogen-bond acceptors (Lipinski definition) is 6. The second-order valence-electron chi connectivity index (χ2n) is 8.74. The number of carbonyl (C=O) groups is 2. The Kier molecular flexibility index (Phi) is 10.7. The molecule has 0 N–H and O–H groups in total. The van der Waals surface area contributed by atoms with Crippen LogP contribution in [-0.4, -0.2) is 55.8 Å². The van der Waals surface area contributed by atoms with E-state index in [2.05, 4.69) is 31.0 Å². The van der Waals surface area contributed by atoms with E-state index in [9.17, 15) is 9.59 Å². The maximum absolute atomic E-state index is 12.9. The summed E-state index contributed by atoms with van der Waals surface area (Å²) in [5.74, 6) is 0.540. The minimum Gasteiger partial charge on any atom is -0.461 e. The molecule has 0 spiro atoms. The Balaban J connectivity index is 0.00000211. The highest BCUT2D eigenvalue weighted by atomic mass is 16.5. The summed E-state index contributed by atoms with van der Waals surface area (Å²) >= 11 is 0. The molecule has 3 rings (SSSR count). The predicted molar refractivity (Wildman–Crippen MR) is 144 cm³/mol. The van der Waals surface area contributed by atoms with Gasteiger partial charge < -0.3 is 19.3 Å². The average molecular weight is 486 g/mol. The number of amides is 1. The maximum atomic E-state index is 12.9. The van der Waals surface area contributed by atoms with Crippen LogP contribution in [0.1, 0.15) is 59.6 Å². The second-order valence-corrected chi connectivity index (χ2v) is 8.74. The van der Waals surface area contributed by atoms with Crippen molar-refractivity contribution < 1.29 is 20.5 Å². The van der Waals surface area contributed by atoms with Crippen molar-refractivity contribution in [2.24, 2.45) is 5.92 Å². The molecule has 2 aliphatic heterocycles. The Hall–Kier alpha value is -2.93. The summed E-state index contributed by atoms with van der Waals surface area (Å²) in [4.78, 5) is 34.3. The second kappa shape index (κ2) is 13.2. The summed E-state index contributed by atoms with van der Waals surface area (Å²) in [5, 5.41) is 0. The number of esters is 1. The topological polar surface area (TPSA) is 72.0 Å². The average Bonchev–Trinajstić information content (AvgIpc) is 2.86. The molecule has 194 valence electrons. The third-order valence-corrected chi connectivity index (χ3v) is 6.68. The number of hydrogen-bond donors (Lipinski definition) is 0. The lowest BCUT2D eigenvalue weighted by Crippen LogP contribution is -2.48. The molecule has 35 heavy (non-hydrogen) atoms. The molecule has 1 aromatic rings. The quantitative estimate of drug-likeness (QED) is 0.390. The number of ether oxygens (including phenoxy) is 2. The van der Waals surface area contributed by atoms with Crippen molar-refractivity contribution in [3.8, 4) is 0 Å². The lowest BCUT2D eigenvalue weighted by molar-refractivity contribution is -0.143. The van der Waals surface area contributed by atoms with E-state index in [0.717, 1.165) is 41.4 Å². The number of rotatable bonds is 7. The predicted octanol–water partition coefficient (Wildman–Crippen LogP) is 5.21. The lowest BCUT2D eigenvalue weighted by Gasteiger charge is -2.44. The number of morpholine rings is 1. The summed E-state index contributed by atoms with van der Waals surface area (Å²) < 4.78 is 11.0. The fourth-order valence-corrected chi connectivity index (χ4v) is 4.75. The van der Waals surface area contributed by atoms with E-state index in [1.54, 1.807) is 25.2 Å². The Bertz CT molecular complexity index is 956. The first-order valence-electron chi connectivity index (χ1n) is 12.5. The molecule has 0 saturated carbocycles. The third-order valence-electron chi connectivity index (χ3n) is 6.68. The molecule has 1 aromatic heterocycles. The molecule has 3 heterocycles. The number of aromatic nitrogens is 1. The lowest BCUT2D eigenvalue weighted by atomic mass is 9.76. The van der Waals surface area contributed by atoms with Crippen LogP contribution >= 0.6 is 0 Å². The van der Waals surface area contributed by atoms with E-state index in [-0.39, 0.29) is 44.2 Å². The minimum absolute atomic E-state index is 0. The van der Waals surface area contributed by atoms with E-state index < -0.39 is 0 Å². The number of carbonyl (C=O) groups excluding carboxylic acids is 2. The van der Waals surface area contributed by atoms with Crippen LogP contribution in [-0.2, 0) is 19.1 Å².